The molecule has 0 heterocycles. The molecule has 1 atom stereocenters. The summed E-state index contributed by atoms with van der Waals surface area (Å²) in [6.07, 6.45) is 1.47. The molecule has 1 unspecified atom stereocenters. The van der Waals surface area contributed by atoms with E-state index in [1.165, 1.54) is 37.1 Å². The van der Waals surface area contributed by atoms with E-state index in [0.29, 0.717) is 33.3 Å². The highest BCUT2D eigenvalue weighted by Crippen LogP contribution is 2.38. The summed E-state index contributed by atoms with van der Waals surface area (Å²) in [5, 5.41) is 18.4. The lowest BCUT2D eigenvalue weighted by molar-refractivity contribution is -0.116. The fourth-order valence-electron chi connectivity index (χ4n) is 4.73. The van der Waals surface area contributed by atoms with E-state index in [0.717, 1.165) is 16.0 Å². The summed E-state index contributed by atoms with van der Waals surface area (Å²) in [4.78, 5) is 41.2. The molecule has 0 saturated heterocycles. The third kappa shape index (κ3) is 8.85. The number of methoxy groups -OCH3 is 1. The van der Waals surface area contributed by atoms with E-state index in [9.17, 15) is 19.5 Å². The molecule has 0 spiro atoms. The van der Waals surface area contributed by atoms with Crippen LogP contribution in [0.1, 0.15) is 32.3 Å². The highest BCUT2D eigenvalue weighted by Gasteiger charge is 2.23. The monoisotopic (exact) mass is 677 g/mol. The molecule has 0 saturated carbocycles. The van der Waals surface area contributed by atoms with Gasteiger partial charge in [-0.1, -0.05) is 72.3 Å². The summed E-state index contributed by atoms with van der Waals surface area (Å²) in [5.41, 5.74) is 3.52. The van der Waals surface area contributed by atoms with Gasteiger partial charge in [0, 0.05) is 38.5 Å². The predicted octanol–water partition coefficient (Wildman–Crippen LogP) is 8.24. The Bertz CT molecular complexity index is 1970. The van der Waals surface area contributed by atoms with Gasteiger partial charge in [0.05, 0.1) is 7.11 Å². The van der Waals surface area contributed by atoms with Gasteiger partial charge in [0.1, 0.15) is 22.4 Å². The molecule has 3 amide bonds. The Morgan fingerprint density at radius 3 is 2.29 bits per heavy atom. The summed E-state index contributed by atoms with van der Waals surface area (Å²) in [5.74, 6) is -1.01. The number of carbonyl (C=O) groups excluding carboxylic acids is 3. The summed E-state index contributed by atoms with van der Waals surface area (Å²) in [6, 6.07) is 34.8. The Morgan fingerprint density at radius 1 is 0.833 bits per heavy atom. The number of phenols is 1. The molecule has 4 N–H and O–H groups in total. The summed E-state index contributed by atoms with van der Waals surface area (Å²) < 4.78 is 5.38. The predicted molar refractivity (Wildman–Crippen MR) is 191 cm³/mol. The number of nitrogens with one attached hydrogen (secondary N) is 3. The number of ether oxygens (including phenoxy) is 1. The second kappa shape index (κ2) is 15.9. The van der Waals surface area contributed by atoms with Crippen molar-refractivity contribution in [2.24, 2.45) is 0 Å². The fourth-order valence-corrected chi connectivity index (χ4v) is 5.98. The van der Waals surface area contributed by atoms with E-state index in [2.05, 4.69) is 16.0 Å². The molecular formula is C38H32ClN3O5S. The van der Waals surface area contributed by atoms with Crippen LogP contribution in [0.5, 0.6) is 11.5 Å². The largest absolute Gasteiger partial charge is 0.508 e. The molecule has 10 heteroatoms. The fraction of sp³-hybridized carbons (Fsp3) is 0.0789. The van der Waals surface area contributed by atoms with Gasteiger partial charge in [0.15, 0.2) is 0 Å². The lowest BCUT2D eigenvalue weighted by atomic mass is 10.1. The van der Waals surface area contributed by atoms with Crippen LogP contribution in [0.2, 0.25) is 5.02 Å². The number of aromatic hydroxyl groups is 1. The number of rotatable bonds is 11. The van der Waals surface area contributed by atoms with Crippen molar-refractivity contribution < 1.29 is 24.2 Å². The van der Waals surface area contributed by atoms with Crippen molar-refractivity contribution in [3.05, 3.63) is 154 Å². The second-order valence-corrected chi connectivity index (χ2v) is 12.3. The van der Waals surface area contributed by atoms with E-state index in [1.807, 2.05) is 49.4 Å². The summed E-state index contributed by atoms with van der Waals surface area (Å²) >= 11 is 7.52. The zero-order valence-electron chi connectivity index (χ0n) is 26.1. The molecule has 48 heavy (non-hydrogen) atoms. The number of phenolic OH excluding ortho intramolecular Hbond substituents is 1. The Labute approximate surface area is 287 Å². The van der Waals surface area contributed by atoms with Gasteiger partial charge < -0.3 is 25.8 Å². The number of anilines is 2. The minimum Gasteiger partial charge on any atom is -0.508 e. The summed E-state index contributed by atoms with van der Waals surface area (Å²) in [7, 11) is 1.44. The Morgan fingerprint density at radius 2 is 1.56 bits per heavy atom. The standard InChI is InChI=1S/C38H32ClN3O5S/c1-24-16-18-28(39)21-32(24)41-38(46)35(25-10-5-3-6-11-25)48-31-15-9-14-29(22-31)40-37(45)33(42-36(44)26-12-7-4-8-13-26)20-27-17-19-30(43)23-34(27)47-2/h3-23,35,43H,1-2H3,(H,40,45)(H,41,46)(H,42,44)/b33-20+. The first-order valence-electron chi connectivity index (χ1n) is 14.9. The van der Waals surface area contributed by atoms with Gasteiger partial charge >= 0.3 is 0 Å². The lowest BCUT2D eigenvalue weighted by Crippen LogP contribution is -2.30. The number of amides is 3. The third-order valence-electron chi connectivity index (χ3n) is 7.19. The molecule has 0 aliphatic rings. The Hall–Kier alpha value is -5.51. The molecule has 5 rings (SSSR count). The molecule has 0 fully saturated rings. The number of aryl methyl sites for hydroxylation is 1. The van der Waals surface area contributed by atoms with E-state index >= 15 is 0 Å². The Balaban J connectivity index is 1.41. The summed E-state index contributed by atoms with van der Waals surface area (Å²) in [6.45, 7) is 1.89. The first-order valence-corrected chi connectivity index (χ1v) is 16.1. The number of thioether (sulfide) groups is 1. The molecule has 5 aromatic rings. The van der Waals surface area contributed by atoms with Crippen molar-refractivity contribution in [1.82, 2.24) is 5.32 Å². The number of benzene rings is 5. The minimum absolute atomic E-state index is 0.0113. The van der Waals surface area contributed by atoms with Gasteiger partial charge in [-0.2, -0.15) is 0 Å². The van der Waals surface area contributed by atoms with Crippen molar-refractivity contribution in [2.75, 3.05) is 17.7 Å². The molecular weight excluding hydrogens is 646 g/mol. The SMILES string of the molecule is COc1cc(O)ccc1/C=C(/NC(=O)c1ccccc1)C(=O)Nc1cccc(SC(C(=O)Nc2cc(Cl)ccc2C)c2ccccc2)c1. The van der Waals surface area contributed by atoms with Crippen molar-refractivity contribution >= 4 is 58.5 Å². The van der Waals surface area contributed by atoms with Crippen LogP contribution >= 0.6 is 23.4 Å². The maximum atomic E-state index is 13.7. The smallest absolute Gasteiger partial charge is 0.272 e. The Kier molecular flexibility index (Phi) is 11.2. The van der Waals surface area contributed by atoms with E-state index in [-0.39, 0.29) is 17.4 Å². The van der Waals surface area contributed by atoms with Gasteiger partial charge in [-0.15, -0.1) is 11.8 Å². The minimum atomic E-state index is -0.627. The topological polar surface area (TPSA) is 117 Å². The first kappa shape index (κ1) is 33.8. The van der Waals surface area contributed by atoms with Crippen LogP contribution in [0.15, 0.2) is 132 Å². The maximum Gasteiger partial charge on any atom is 0.272 e. The van der Waals surface area contributed by atoms with Gasteiger partial charge in [0.25, 0.3) is 11.8 Å². The number of carbonyl (C=O) groups is 3. The molecule has 0 bridgehead atoms. The van der Waals surface area contributed by atoms with Gasteiger partial charge in [-0.25, -0.2) is 0 Å². The van der Waals surface area contributed by atoms with E-state index in [1.54, 1.807) is 66.7 Å². The average molecular weight is 678 g/mol. The number of halogens is 1. The van der Waals surface area contributed by atoms with Crippen LogP contribution in [0, 0.1) is 6.92 Å². The van der Waals surface area contributed by atoms with Gasteiger partial charge in [-0.3, -0.25) is 14.4 Å². The van der Waals surface area contributed by atoms with E-state index in [4.69, 9.17) is 16.3 Å². The quantitative estimate of drug-likeness (QED) is 0.0827. The average Bonchev–Trinajstić information content (AvgIpc) is 3.10. The van der Waals surface area contributed by atoms with Crippen molar-refractivity contribution in [1.29, 1.82) is 0 Å². The molecule has 0 radical (unpaired) electrons. The van der Waals surface area contributed by atoms with Gasteiger partial charge in [0.2, 0.25) is 5.91 Å². The van der Waals surface area contributed by atoms with Gasteiger partial charge in [-0.05, 0) is 78.7 Å². The van der Waals surface area contributed by atoms with Crippen LogP contribution < -0.4 is 20.7 Å². The number of hydrogen-bond donors (Lipinski definition) is 4. The number of hydrogen-bond acceptors (Lipinski definition) is 6. The maximum absolute atomic E-state index is 13.7. The molecule has 0 aliphatic carbocycles. The van der Waals surface area contributed by atoms with Crippen LogP contribution in [0.25, 0.3) is 6.08 Å². The second-order valence-electron chi connectivity index (χ2n) is 10.6. The van der Waals surface area contributed by atoms with Crippen LogP contribution in [-0.2, 0) is 9.59 Å². The lowest BCUT2D eigenvalue weighted by Gasteiger charge is -2.19. The molecule has 8 nitrogen and oxygen atoms in total. The van der Waals surface area contributed by atoms with E-state index < -0.39 is 17.1 Å². The first-order chi connectivity index (χ1) is 23.2. The third-order valence-corrected chi connectivity index (χ3v) is 8.67. The van der Waals surface area contributed by atoms with Crippen molar-refractivity contribution in [3.8, 4) is 11.5 Å². The highest BCUT2D eigenvalue weighted by molar-refractivity contribution is 8.00. The normalized spacial score (nSPS) is 11.7. The van der Waals surface area contributed by atoms with Crippen molar-refractivity contribution in [3.63, 3.8) is 0 Å². The molecule has 242 valence electrons. The van der Waals surface area contributed by atoms with Crippen LogP contribution in [0.4, 0.5) is 11.4 Å². The zero-order chi connectivity index (χ0) is 34.0. The van der Waals surface area contributed by atoms with Crippen molar-refractivity contribution in [2.45, 2.75) is 17.1 Å². The molecule has 5 aromatic carbocycles. The zero-order valence-corrected chi connectivity index (χ0v) is 27.6. The molecule has 0 aliphatic heterocycles. The van der Waals surface area contributed by atoms with Crippen LogP contribution in [0.3, 0.4) is 0 Å². The molecule has 0 aromatic heterocycles. The van der Waals surface area contributed by atoms with Crippen LogP contribution in [-0.4, -0.2) is 29.9 Å². The highest BCUT2D eigenvalue weighted by atomic mass is 35.5.